The fraction of sp³-hybridized carbons (Fsp3) is 0.0625. The number of fused-ring (bicyclic) bond motifs is 1. The molecule has 24 heavy (non-hydrogen) atoms. The highest BCUT2D eigenvalue weighted by molar-refractivity contribution is 9.10. The Morgan fingerprint density at radius 1 is 1.21 bits per heavy atom. The van der Waals surface area contributed by atoms with Gasteiger partial charge in [-0.05, 0) is 30.3 Å². The third-order valence-corrected chi connectivity index (χ3v) is 5.52. The van der Waals surface area contributed by atoms with Gasteiger partial charge in [-0.15, -0.1) is 0 Å². The smallest absolute Gasteiger partial charge is 0.265 e. The van der Waals surface area contributed by atoms with Crippen LogP contribution in [0.25, 0.3) is 10.9 Å². The van der Waals surface area contributed by atoms with Crippen LogP contribution in [0.2, 0.25) is 5.02 Å². The summed E-state index contributed by atoms with van der Waals surface area (Å²) in [5, 5.41) is 1.02. The molecule has 0 saturated heterocycles. The van der Waals surface area contributed by atoms with E-state index >= 15 is 0 Å². The fourth-order valence-electron chi connectivity index (χ4n) is 2.31. The second-order valence-electron chi connectivity index (χ2n) is 4.90. The largest absolute Gasteiger partial charge is 0.495 e. The van der Waals surface area contributed by atoms with Gasteiger partial charge in [0.05, 0.1) is 23.3 Å². The van der Waals surface area contributed by atoms with Crippen molar-refractivity contribution in [2.24, 2.45) is 0 Å². The van der Waals surface area contributed by atoms with Crippen LogP contribution in [0.3, 0.4) is 0 Å². The van der Waals surface area contributed by atoms with Crippen LogP contribution in [0, 0.1) is 0 Å². The summed E-state index contributed by atoms with van der Waals surface area (Å²) in [5.74, 6) is 0.266. The highest BCUT2D eigenvalue weighted by Crippen LogP contribution is 2.33. The Labute approximate surface area is 152 Å². The molecule has 8 heteroatoms. The molecular weight excluding hydrogens is 416 g/mol. The number of rotatable bonds is 4. The molecule has 2 aromatic carbocycles. The van der Waals surface area contributed by atoms with Gasteiger partial charge in [-0.25, -0.2) is 8.42 Å². The Morgan fingerprint density at radius 3 is 2.71 bits per heavy atom. The summed E-state index contributed by atoms with van der Waals surface area (Å²) in [4.78, 5) is 4.26. The van der Waals surface area contributed by atoms with Crippen LogP contribution in [0.15, 0.2) is 58.0 Å². The highest BCUT2D eigenvalue weighted by Gasteiger charge is 2.20. The Morgan fingerprint density at radius 2 is 1.96 bits per heavy atom. The van der Waals surface area contributed by atoms with Crippen LogP contribution in [0.1, 0.15) is 0 Å². The van der Waals surface area contributed by atoms with E-state index in [2.05, 4.69) is 25.6 Å². The maximum absolute atomic E-state index is 12.7. The molecule has 1 N–H and O–H groups in total. The van der Waals surface area contributed by atoms with E-state index in [-0.39, 0.29) is 10.6 Å². The SMILES string of the molecule is COc1ccccc1S(=O)(=O)Nc1ccnc2c(Cl)cc(Br)cc12. The molecule has 0 fully saturated rings. The Hall–Kier alpha value is -1.83. The minimum atomic E-state index is -3.83. The summed E-state index contributed by atoms with van der Waals surface area (Å²) < 4.78 is 33.9. The van der Waals surface area contributed by atoms with Crippen molar-refractivity contribution in [2.45, 2.75) is 4.90 Å². The number of aromatic nitrogens is 1. The van der Waals surface area contributed by atoms with E-state index in [9.17, 15) is 8.42 Å². The maximum atomic E-state index is 12.7. The topological polar surface area (TPSA) is 68.3 Å². The molecule has 0 unspecified atom stereocenters. The van der Waals surface area contributed by atoms with E-state index in [1.54, 1.807) is 36.4 Å². The number of halogens is 2. The lowest BCUT2D eigenvalue weighted by atomic mass is 10.2. The molecule has 5 nitrogen and oxygen atoms in total. The first-order valence-electron chi connectivity index (χ1n) is 6.82. The van der Waals surface area contributed by atoms with Gasteiger partial charge in [-0.3, -0.25) is 9.71 Å². The van der Waals surface area contributed by atoms with Crippen molar-refractivity contribution < 1.29 is 13.2 Å². The zero-order valence-electron chi connectivity index (χ0n) is 12.5. The molecule has 1 heterocycles. The first kappa shape index (κ1) is 17.0. The zero-order valence-corrected chi connectivity index (χ0v) is 15.6. The first-order valence-corrected chi connectivity index (χ1v) is 9.47. The molecule has 0 aliphatic rings. The van der Waals surface area contributed by atoms with Crippen molar-refractivity contribution in [3.63, 3.8) is 0 Å². The van der Waals surface area contributed by atoms with E-state index in [1.165, 1.54) is 19.4 Å². The number of nitrogens with zero attached hydrogens (tertiary/aromatic N) is 1. The van der Waals surface area contributed by atoms with E-state index in [4.69, 9.17) is 16.3 Å². The average molecular weight is 428 g/mol. The van der Waals surface area contributed by atoms with E-state index in [0.717, 1.165) is 4.47 Å². The fourth-order valence-corrected chi connectivity index (χ4v) is 4.42. The molecule has 3 aromatic rings. The quantitative estimate of drug-likeness (QED) is 0.667. The van der Waals surface area contributed by atoms with Crippen LogP contribution < -0.4 is 9.46 Å². The van der Waals surface area contributed by atoms with Gasteiger partial charge >= 0.3 is 0 Å². The summed E-state index contributed by atoms with van der Waals surface area (Å²) in [6.45, 7) is 0. The van der Waals surface area contributed by atoms with Gasteiger partial charge in [0.15, 0.2) is 0 Å². The van der Waals surface area contributed by atoms with Gasteiger partial charge in [-0.1, -0.05) is 39.7 Å². The molecule has 1 aromatic heterocycles. The van der Waals surface area contributed by atoms with Gasteiger partial charge in [0.25, 0.3) is 10.0 Å². The van der Waals surface area contributed by atoms with Crippen LogP contribution in [0.4, 0.5) is 5.69 Å². The van der Waals surface area contributed by atoms with Crippen LogP contribution in [-0.4, -0.2) is 20.5 Å². The Kier molecular flexibility index (Phi) is 4.67. The third kappa shape index (κ3) is 3.19. The average Bonchev–Trinajstić information content (AvgIpc) is 2.55. The number of sulfonamides is 1. The number of nitrogens with one attached hydrogen (secondary N) is 1. The number of pyridine rings is 1. The normalized spacial score (nSPS) is 11.5. The summed E-state index contributed by atoms with van der Waals surface area (Å²) in [6.07, 6.45) is 1.50. The summed E-state index contributed by atoms with van der Waals surface area (Å²) >= 11 is 9.54. The molecule has 0 aliphatic carbocycles. The van der Waals surface area contributed by atoms with Gasteiger partial charge < -0.3 is 4.74 Å². The predicted octanol–water partition coefficient (Wildman–Crippen LogP) is 4.46. The second-order valence-corrected chi connectivity index (χ2v) is 7.87. The predicted molar refractivity (Wildman–Crippen MR) is 98.3 cm³/mol. The van der Waals surface area contributed by atoms with Crippen LogP contribution in [0.5, 0.6) is 5.75 Å². The summed E-state index contributed by atoms with van der Waals surface area (Å²) in [7, 11) is -2.41. The van der Waals surface area contributed by atoms with E-state index in [1.807, 2.05) is 0 Å². The van der Waals surface area contributed by atoms with E-state index < -0.39 is 10.0 Å². The van der Waals surface area contributed by atoms with Crippen LogP contribution in [-0.2, 0) is 10.0 Å². The monoisotopic (exact) mass is 426 g/mol. The van der Waals surface area contributed by atoms with Gasteiger partial charge in [0, 0.05) is 16.1 Å². The van der Waals surface area contributed by atoms with E-state index in [0.29, 0.717) is 21.6 Å². The number of anilines is 1. The molecule has 3 rings (SSSR count). The first-order chi connectivity index (χ1) is 11.4. The van der Waals surface area contributed by atoms with Gasteiger partial charge in [-0.2, -0.15) is 0 Å². The number of hydrogen-bond donors (Lipinski definition) is 1. The molecule has 0 amide bonds. The lowest BCUT2D eigenvalue weighted by Crippen LogP contribution is -2.14. The third-order valence-electron chi connectivity index (χ3n) is 3.37. The Balaban J connectivity index is 2.13. The number of methoxy groups -OCH3 is 1. The number of hydrogen-bond acceptors (Lipinski definition) is 4. The molecule has 0 radical (unpaired) electrons. The van der Waals surface area contributed by atoms with Gasteiger partial charge in [0.2, 0.25) is 0 Å². The zero-order chi connectivity index (χ0) is 17.3. The number of para-hydroxylation sites is 1. The number of ether oxygens (including phenoxy) is 1. The van der Waals surface area contributed by atoms with Crippen LogP contribution >= 0.6 is 27.5 Å². The summed E-state index contributed by atoms with van der Waals surface area (Å²) in [6, 6.07) is 11.5. The molecule has 0 bridgehead atoms. The minimum absolute atomic E-state index is 0.0542. The highest BCUT2D eigenvalue weighted by atomic mass is 79.9. The lowest BCUT2D eigenvalue weighted by molar-refractivity contribution is 0.403. The molecule has 124 valence electrons. The lowest BCUT2D eigenvalue weighted by Gasteiger charge is -2.13. The maximum Gasteiger partial charge on any atom is 0.265 e. The minimum Gasteiger partial charge on any atom is -0.495 e. The molecule has 0 spiro atoms. The molecule has 0 aliphatic heterocycles. The van der Waals surface area contributed by atoms with Crippen molar-refractivity contribution in [3.05, 3.63) is 58.2 Å². The molecular formula is C16H12BrClN2O3S. The van der Waals surface area contributed by atoms with Crippen molar-refractivity contribution in [1.82, 2.24) is 4.98 Å². The van der Waals surface area contributed by atoms with Crippen molar-refractivity contribution in [2.75, 3.05) is 11.8 Å². The standard InChI is InChI=1S/C16H12BrClN2O3S/c1-23-14-4-2-3-5-15(14)24(21,22)20-13-6-7-19-16-11(13)8-10(17)9-12(16)18/h2-9H,1H3,(H,19,20). The molecule has 0 saturated carbocycles. The number of benzene rings is 2. The Bertz CT molecular complexity index is 1030. The van der Waals surface area contributed by atoms with Crippen molar-refractivity contribution >= 4 is 54.1 Å². The van der Waals surface area contributed by atoms with Crippen molar-refractivity contribution in [3.8, 4) is 5.75 Å². The summed E-state index contributed by atoms with van der Waals surface area (Å²) in [5.41, 5.74) is 0.897. The van der Waals surface area contributed by atoms with Gasteiger partial charge in [0.1, 0.15) is 10.6 Å². The van der Waals surface area contributed by atoms with Crippen molar-refractivity contribution in [1.29, 1.82) is 0 Å². The second kappa shape index (κ2) is 6.58. The molecule has 0 atom stereocenters.